The maximum Gasteiger partial charge on any atom is 0.293 e. The van der Waals surface area contributed by atoms with Crippen LogP contribution in [-0.4, -0.2) is 26.9 Å². The van der Waals surface area contributed by atoms with Crippen LogP contribution < -0.4 is 10.0 Å². The molecule has 21 heavy (non-hydrogen) atoms. The normalized spacial score (nSPS) is 16.5. The Morgan fingerprint density at radius 2 is 2.05 bits per heavy atom. The minimum atomic E-state index is -3.69. The van der Waals surface area contributed by atoms with E-state index in [4.69, 9.17) is 0 Å². The third-order valence-corrected chi connectivity index (χ3v) is 5.52. The van der Waals surface area contributed by atoms with E-state index in [1.807, 2.05) is 0 Å². The van der Waals surface area contributed by atoms with Crippen molar-refractivity contribution in [1.29, 1.82) is 0 Å². The second-order valence-electron chi connectivity index (χ2n) is 5.35. The average Bonchev–Trinajstić information content (AvgIpc) is 3.25. The van der Waals surface area contributed by atoms with Gasteiger partial charge in [-0.15, -0.1) is 0 Å². The Morgan fingerprint density at radius 3 is 2.52 bits per heavy atom. The fourth-order valence-corrected chi connectivity index (χ4v) is 2.96. The van der Waals surface area contributed by atoms with Crippen LogP contribution >= 0.6 is 0 Å². The first-order chi connectivity index (χ1) is 9.83. The van der Waals surface area contributed by atoms with Crippen molar-refractivity contribution < 1.29 is 13.3 Å². The standard InChI is InChI=1S/C13H19N3O4S/c1-3-13(6-7-13)9-15-11-5-4-10(21(19,20)14-2)8-12(11)16(17)18/h4-5,8,14-15H,3,6-7,9H2,1-2H3. The van der Waals surface area contributed by atoms with Gasteiger partial charge in [0.1, 0.15) is 5.69 Å². The minimum absolute atomic E-state index is 0.112. The second-order valence-corrected chi connectivity index (χ2v) is 7.24. The first kappa shape index (κ1) is 15.7. The summed E-state index contributed by atoms with van der Waals surface area (Å²) in [6.07, 6.45) is 3.27. The van der Waals surface area contributed by atoms with Gasteiger partial charge in [0.2, 0.25) is 10.0 Å². The monoisotopic (exact) mass is 313 g/mol. The number of nitrogens with zero attached hydrogens (tertiary/aromatic N) is 1. The van der Waals surface area contributed by atoms with Crippen molar-refractivity contribution >= 4 is 21.4 Å². The number of sulfonamides is 1. The topological polar surface area (TPSA) is 101 Å². The Labute approximate surface area is 123 Å². The van der Waals surface area contributed by atoms with Crippen LogP contribution in [0.1, 0.15) is 26.2 Å². The molecule has 0 bridgehead atoms. The molecule has 0 atom stereocenters. The maximum atomic E-state index is 11.7. The fourth-order valence-electron chi connectivity index (χ4n) is 2.21. The van der Waals surface area contributed by atoms with Crippen LogP contribution in [-0.2, 0) is 10.0 Å². The highest BCUT2D eigenvalue weighted by Crippen LogP contribution is 2.48. The van der Waals surface area contributed by atoms with Gasteiger partial charge in [0.25, 0.3) is 5.69 Å². The summed E-state index contributed by atoms with van der Waals surface area (Å²) in [5.74, 6) is 0. The lowest BCUT2D eigenvalue weighted by molar-refractivity contribution is -0.384. The SMILES string of the molecule is CCC1(CNc2ccc(S(=O)(=O)NC)cc2[N+](=O)[O-])CC1. The lowest BCUT2D eigenvalue weighted by Crippen LogP contribution is -2.19. The highest BCUT2D eigenvalue weighted by molar-refractivity contribution is 7.89. The summed E-state index contributed by atoms with van der Waals surface area (Å²) in [4.78, 5) is 10.5. The molecule has 0 saturated heterocycles. The predicted molar refractivity (Wildman–Crippen MR) is 79.8 cm³/mol. The highest BCUT2D eigenvalue weighted by atomic mass is 32.2. The van der Waals surface area contributed by atoms with Crippen molar-refractivity contribution in [2.45, 2.75) is 31.1 Å². The van der Waals surface area contributed by atoms with Crippen LogP contribution in [0, 0.1) is 15.5 Å². The first-order valence-electron chi connectivity index (χ1n) is 6.79. The van der Waals surface area contributed by atoms with Crippen LogP contribution in [0.3, 0.4) is 0 Å². The van der Waals surface area contributed by atoms with Gasteiger partial charge in [-0.25, -0.2) is 13.1 Å². The van der Waals surface area contributed by atoms with E-state index in [0.29, 0.717) is 12.2 Å². The van der Waals surface area contributed by atoms with E-state index in [9.17, 15) is 18.5 Å². The van der Waals surface area contributed by atoms with Crippen LogP contribution in [0.25, 0.3) is 0 Å². The van der Waals surface area contributed by atoms with Crippen LogP contribution in [0.4, 0.5) is 11.4 Å². The van der Waals surface area contributed by atoms with E-state index >= 15 is 0 Å². The molecule has 116 valence electrons. The van der Waals surface area contributed by atoms with Crippen molar-refractivity contribution in [3.8, 4) is 0 Å². The summed E-state index contributed by atoms with van der Waals surface area (Å²) in [5.41, 5.74) is 0.372. The Balaban J connectivity index is 2.27. The highest BCUT2D eigenvalue weighted by Gasteiger charge is 2.40. The number of hydrogen-bond donors (Lipinski definition) is 2. The summed E-state index contributed by atoms with van der Waals surface area (Å²) >= 11 is 0. The molecular formula is C13H19N3O4S. The number of benzene rings is 1. The van der Waals surface area contributed by atoms with E-state index in [-0.39, 0.29) is 16.0 Å². The predicted octanol–water partition coefficient (Wildman–Crippen LogP) is 2.10. The summed E-state index contributed by atoms with van der Waals surface area (Å²) in [7, 11) is -2.42. The number of rotatable bonds is 7. The molecule has 8 heteroatoms. The van der Waals surface area contributed by atoms with Crippen molar-refractivity contribution in [2.24, 2.45) is 5.41 Å². The van der Waals surface area contributed by atoms with Gasteiger partial charge in [-0.2, -0.15) is 0 Å². The molecule has 7 nitrogen and oxygen atoms in total. The zero-order valence-electron chi connectivity index (χ0n) is 12.0. The van der Waals surface area contributed by atoms with Crippen LogP contribution in [0.5, 0.6) is 0 Å². The molecule has 0 aliphatic heterocycles. The molecule has 1 aromatic rings. The van der Waals surface area contributed by atoms with Crippen molar-refractivity contribution in [2.75, 3.05) is 18.9 Å². The minimum Gasteiger partial charge on any atom is -0.379 e. The molecule has 1 saturated carbocycles. The molecule has 1 aromatic carbocycles. The third-order valence-electron chi connectivity index (χ3n) is 4.11. The lowest BCUT2D eigenvalue weighted by atomic mass is 10.0. The average molecular weight is 313 g/mol. The van der Waals surface area contributed by atoms with Gasteiger partial charge in [0.15, 0.2) is 0 Å². The van der Waals surface area contributed by atoms with E-state index in [2.05, 4.69) is 17.0 Å². The van der Waals surface area contributed by atoms with Crippen molar-refractivity contribution in [3.63, 3.8) is 0 Å². The Hall–Kier alpha value is -1.67. The molecule has 1 fully saturated rings. The fraction of sp³-hybridized carbons (Fsp3) is 0.538. The van der Waals surface area contributed by atoms with E-state index in [0.717, 1.165) is 25.3 Å². The zero-order chi connectivity index (χ0) is 15.7. The molecule has 0 amide bonds. The summed E-state index contributed by atoms with van der Waals surface area (Å²) in [5, 5.41) is 14.2. The molecule has 0 aromatic heterocycles. The maximum absolute atomic E-state index is 11.7. The lowest BCUT2D eigenvalue weighted by Gasteiger charge is -2.15. The van der Waals surface area contributed by atoms with Gasteiger partial charge in [-0.3, -0.25) is 10.1 Å². The van der Waals surface area contributed by atoms with Crippen molar-refractivity contribution in [3.05, 3.63) is 28.3 Å². The number of nitro benzene ring substituents is 1. The smallest absolute Gasteiger partial charge is 0.293 e. The molecule has 2 N–H and O–H groups in total. The molecular weight excluding hydrogens is 294 g/mol. The van der Waals surface area contributed by atoms with E-state index in [1.54, 1.807) is 0 Å². The van der Waals surface area contributed by atoms with Gasteiger partial charge >= 0.3 is 0 Å². The Bertz CT molecular complexity index is 653. The van der Waals surface area contributed by atoms with Gasteiger partial charge in [0.05, 0.1) is 9.82 Å². The summed E-state index contributed by atoms with van der Waals surface area (Å²) in [6, 6.07) is 3.90. The van der Waals surface area contributed by atoms with Gasteiger partial charge in [-0.05, 0) is 43.9 Å². The number of nitro groups is 1. The van der Waals surface area contributed by atoms with E-state index in [1.165, 1.54) is 19.2 Å². The number of hydrogen-bond acceptors (Lipinski definition) is 5. The van der Waals surface area contributed by atoms with Gasteiger partial charge < -0.3 is 5.32 Å². The molecule has 0 heterocycles. The van der Waals surface area contributed by atoms with Gasteiger partial charge in [-0.1, -0.05) is 6.92 Å². The molecule has 0 radical (unpaired) electrons. The Kier molecular flexibility index (Phi) is 4.20. The number of nitrogens with one attached hydrogen (secondary N) is 2. The molecule has 2 rings (SSSR count). The summed E-state index contributed by atoms with van der Waals surface area (Å²) in [6.45, 7) is 2.77. The molecule has 0 spiro atoms. The van der Waals surface area contributed by atoms with Gasteiger partial charge in [0, 0.05) is 12.6 Å². The molecule has 1 aliphatic rings. The van der Waals surface area contributed by atoms with Crippen molar-refractivity contribution in [1.82, 2.24) is 4.72 Å². The zero-order valence-corrected chi connectivity index (χ0v) is 12.9. The third kappa shape index (κ3) is 3.33. The number of anilines is 1. The van der Waals surface area contributed by atoms with Crippen LogP contribution in [0.2, 0.25) is 0 Å². The summed E-state index contributed by atoms with van der Waals surface area (Å²) < 4.78 is 25.6. The molecule has 0 unspecified atom stereocenters. The first-order valence-corrected chi connectivity index (χ1v) is 8.28. The second kappa shape index (κ2) is 5.61. The largest absolute Gasteiger partial charge is 0.379 e. The molecule has 1 aliphatic carbocycles. The quantitative estimate of drug-likeness (QED) is 0.593. The Morgan fingerprint density at radius 1 is 1.38 bits per heavy atom. The van der Waals surface area contributed by atoms with Crippen LogP contribution in [0.15, 0.2) is 23.1 Å². The van der Waals surface area contributed by atoms with E-state index < -0.39 is 14.9 Å².